The molecule has 1 aromatic carbocycles. The molecule has 0 aromatic heterocycles. The lowest BCUT2D eigenvalue weighted by Gasteiger charge is -2.32. The van der Waals surface area contributed by atoms with Crippen LogP contribution in [0.15, 0.2) is 35.2 Å². The Morgan fingerprint density at radius 3 is 2.54 bits per heavy atom. The highest BCUT2D eigenvalue weighted by atomic mass is 35.5. The fourth-order valence-electron chi connectivity index (χ4n) is 3.22. The number of halogens is 1. The third-order valence-electron chi connectivity index (χ3n) is 4.52. The average molecular weight is 404 g/mol. The molecular weight excluding hydrogens is 374 g/mol. The van der Waals surface area contributed by atoms with Crippen LogP contribution in [0.3, 0.4) is 0 Å². The first-order valence-electron chi connectivity index (χ1n) is 8.90. The maximum Gasteiger partial charge on any atom is 0.243 e. The van der Waals surface area contributed by atoms with E-state index in [-0.39, 0.29) is 41.7 Å². The van der Waals surface area contributed by atoms with Gasteiger partial charge in [-0.2, -0.15) is 4.31 Å². The van der Waals surface area contributed by atoms with Crippen molar-refractivity contribution in [1.82, 2.24) is 9.62 Å². The lowest BCUT2D eigenvalue weighted by molar-refractivity contribution is -0.126. The molecule has 1 heterocycles. The van der Waals surface area contributed by atoms with E-state index in [1.807, 2.05) is 0 Å². The van der Waals surface area contributed by atoms with E-state index in [0.717, 1.165) is 6.42 Å². The highest BCUT2D eigenvalue weighted by Gasteiger charge is 2.33. The first-order valence-corrected chi connectivity index (χ1v) is 10.3. The van der Waals surface area contributed by atoms with Gasteiger partial charge in [0.15, 0.2) is 0 Å². The summed E-state index contributed by atoms with van der Waals surface area (Å²) in [6, 6.07) is 8.32. The summed E-state index contributed by atoms with van der Waals surface area (Å²) >= 11 is 0. The topological polar surface area (TPSA) is 92.5 Å². The van der Waals surface area contributed by atoms with Gasteiger partial charge in [0.2, 0.25) is 15.9 Å². The van der Waals surface area contributed by atoms with Crippen molar-refractivity contribution in [2.75, 3.05) is 19.6 Å². The van der Waals surface area contributed by atoms with Crippen molar-refractivity contribution >= 4 is 28.3 Å². The molecule has 1 fully saturated rings. The first-order chi connectivity index (χ1) is 11.8. The number of hydrogen-bond acceptors (Lipinski definition) is 4. The van der Waals surface area contributed by atoms with Gasteiger partial charge in [0.1, 0.15) is 0 Å². The molecule has 0 spiro atoms. The predicted molar refractivity (Wildman–Crippen MR) is 106 cm³/mol. The Balaban J connectivity index is 0.00000338. The minimum Gasteiger partial charge on any atom is -0.352 e. The predicted octanol–water partition coefficient (Wildman–Crippen LogP) is 2.00. The average Bonchev–Trinajstić information content (AvgIpc) is 2.61. The van der Waals surface area contributed by atoms with Gasteiger partial charge < -0.3 is 11.1 Å². The molecule has 2 unspecified atom stereocenters. The van der Waals surface area contributed by atoms with E-state index in [1.54, 1.807) is 30.3 Å². The molecule has 1 aliphatic rings. The van der Waals surface area contributed by atoms with Crippen molar-refractivity contribution in [2.45, 2.75) is 44.0 Å². The Bertz CT molecular complexity index is 668. The zero-order valence-electron chi connectivity index (χ0n) is 15.4. The molecule has 3 N–H and O–H groups in total. The van der Waals surface area contributed by atoms with Crippen LogP contribution in [0.1, 0.15) is 33.1 Å². The van der Waals surface area contributed by atoms with Crippen molar-refractivity contribution in [3.8, 4) is 0 Å². The lowest BCUT2D eigenvalue weighted by Crippen LogP contribution is -2.49. The number of benzene rings is 1. The van der Waals surface area contributed by atoms with Crippen LogP contribution < -0.4 is 11.1 Å². The highest BCUT2D eigenvalue weighted by molar-refractivity contribution is 7.89. The number of hydrogen-bond donors (Lipinski definition) is 2. The molecule has 2 atom stereocenters. The van der Waals surface area contributed by atoms with Gasteiger partial charge in [-0.3, -0.25) is 4.79 Å². The van der Waals surface area contributed by atoms with E-state index in [0.29, 0.717) is 31.8 Å². The Morgan fingerprint density at radius 1 is 1.31 bits per heavy atom. The van der Waals surface area contributed by atoms with Crippen LogP contribution in [0.25, 0.3) is 0 Å². The van der Waals surface area contributed by atoms with Crippen LogP contribution >= 0.6 is 12.4 Å². The standard InChI is InChI=1S/C18H29N3O3S.ClH/c1-14(2)11-16(12-19)20-18(22)15-7-6-10-21(13-15)25(23,24)17-8-4-3-5-9-17;/h3-5,8-9,14-16H,6-7,10-13,19H2,1-2H3,(H,20,22);1H. The summed E-state index contributed by atoms with van der Waals surface area (Å²) in [6.45, 7) is 5.24. The van der Waals surface area contributed by atoms with Gasteiger partial charge in [-0.1, -0.05) is 32.0 Å². The number of carbonyl (C=O) groups excluding carboxylic acids is 1. The summed E-state index contributed by atoms with van der Waals surface area (Å²) in [4.78, 5) is 12.8. The molecule has 148 valence electrons. The second-order valence-electron chi connectivity index (χ2n) is 7.09. The Kier molecular flexibility index (Phi) is 9.03. The van der Waals surface area contributed by atoms with Gasteiger partial charge in [0.05, 0.1) is 10.8 Å². The number of sulfonamides is 1. The maximum absolute atomic E-state index is 12.8. The molecule has 1 aromatic rings. The van der Waals surface area contributed by atoms with Gasteiger partial charge in [-0.05, 0) is 37.3 Å². The molecule has 6 nitrogen and oxygen atoms in total. The summed E-state index contributed by atoms with van der Waals surface area (Å²) < 4.78 is 26.9. The fraction of sp³-hybridized carbons (Fsp3) is 0.611. The second kappa shape index (κ2) is 10.3. The smallest absolute Gasteiger partial charge is 0.243 e. The van der Waals surface area contributed by atoms with Gasteiger partial charge >= 0.3 is 0 Å². The highest BCUT2D eigenvalue weighted by Crippen LogP contribution is 2.24. The molecule has 8 heteroatoms. The number of amides is 1. The Morgan fingerprint density at radius 2 is 1.96 bits per heavy atom. The molecule has 2 rings (SSSR count). The van der Waals surface area contributed by atoms with Crippen molar-refractivity contribution < 1.29 is 13.2 Å². The van der Waals surface area contributed by atoms with Crippen molar-refractivity contribution in [3.05, 3.63) is 30.3 Å². The number of nitrogens with two attached hydrogens (primary N) is 1. The van der Waals surface area contributed by atoms with Crippen LogP contribution in [-0.2, 0) is 14.8 Å². The summed E-state index contributed by atoms with van der Waals surface area (Å²) in [7, 11) is -3.55. The van der Waals surface area contributed by atoms with E-state index in [2.05, 4.69) is 19.2 Å². The number of carbonyl (C=O) groups is 1. The third kappa shape index (κ3) is 5.94. The second-order valence-corrected chi connectivity index (χ2v) is 9.02. The molecule has 1 amide bonds. The molecule has 1 saturated heterocycles. The Labute approximate surface area is 163 Å². The quantitative estimate of drug-likeness (QED) is 0.728. The first kappa shape index (κ1) is 22.9. The largest absolute Gasteiger partial charge is 0.352 e. The number of piperidine rings is 1. The summed E-state index contributed by atoms with van der Waals surface area (Å²) in [5, 5.41) is 2.99. The summed E-state index contributed by atoms with van der Waals surface area (Å²) in [5.74, 6) is 0.0210. The summed E-state index contributed by atoms with van der Waals surface area (Å²) in [6.07, 6.45) is 2.20. The van der Waals surface area contributed by atoms with Crippen LogP contribution in [0.5, 0.6) is 0 Å². The van der Waals surface area contributed by atoms with Gasteiger partial charge in [0.25, 0.3) is 0 Å². The molecule has 0 aliphatic carbocycles. The monoisotopic (exact) mass is 403 g/mol. The number of nitrogens with zero attached hydrogens (tertiary/aromatic N) is 1. The molecule has 1 aliphatic heterocycles. The van der Waals surface area contributed by atoms with Gasteiger partial charge in [-0.15, -0.1) is 12.4 Å². The Hall–Kier alpha value is -1.15. The molecule has 0 saturated carbocycles. The number of nitrogens with one attached hydrogen (secondary N) is 1. The minimum absolute atomic E-state index is 0. The van der Waals surface area contributed by atoms with E-state index in [9.17, 15) is 13.2 Å². The van der Waals surface area contributed by atoms with E-state index < -0.39 is 10.0 Å². The van der Waals surface area contributed by atoms with E-state index in [1.165, 1.54) is 4.31 Å². The van der Waals surface area contributed by atoms with E-state index >= 15 is 0 Å². The van der Waals surface area contributed by atoms with Crippen molar-refractivity contribution in [3.63, 3.8) is 0 Å². The van der Waals surface area contributed by atoms with Gasteiger partial charge in [0, 0.05) is 25.7 Å². The van der Waals surface area contributed by atoms with Crippen LogP contribution in [-0.4, -0.2) is 44.3 Å². The van der Waals surface area contributed by atoms with Crippen molar-refractivity contribution in [2.24, 2.45) is 17.6 Å². The van der Waals surface area contributed by atoms with Gasteiger partial charge in [-0.25, -0.2) is 8.42 Å². The fourth-order valence-corrected chi connectivity index (χ4v) is 4.76. The lowest BCUT2D eigenvalue weighted by atomic mass is 9.97. The molecular formula is C18H30ClN3O3S. The van der Waals surface area contributed by atoms with Crippen LogP contribution in [0, 0.1) is 11.8 Å². The zero-order valence-corrected chi connectivity index (χ0v) is 17.1. The van der Waals surface area contributed by atoms with E-state index in [4.69, 9.17) is 5.73 Å². The minimum atomic E-state index is -3.55. The summed E-state index contributed by atoms with van der Waals surface area (Å²) in [5.41, 5.74) is 5.75. The van der Waals surface area contributed by atoms with Crippen LogP contribution in [0.4, 0.5) is 0 Å². The molecule has 26 heavy (non-hydrogen) atoms. The zero-order chi connectivity index (χ0) is 18.4. The normalized spacial score (nSPS) is 19.6. The van der Waals surface area contributed by atoms with Crippen molar-refractivity contribution in [1.29, 1.82) is 0 Å². The maximum atomic E-state index is 12.8. The molecule has 0 radical (unpaired) electrons. The van der Waals surface area contributed by atoms with Crippen LogP contribution in [0.2, 0.25) is 0 Å². The molecule has 0 bridgehead atoms. The third-order valence-corrected chi connectivity index (χ3v) is 6.40. The number of rotatable bonds is 7. The SMILES string of the molecule is CC(C)CC(CN)NC(=O)C1CCCN(S(=O)(=O)c2ccccc2)C1.Cl.